The van der Waals surface area contributed by atoms with Crippen LogP contribution in [0.2, 0.25) is 0 Å². The number of carbonyl (C=O) groups excluding carboxylic acids is 2. The highest BCUT2D eigenvalue weighted by Crippen LogP contribution is 2.41. The van der Waals surface area contributed by atoms with Gasteiger partial charge in [0.1, 0.15) is 0 Å². The Morgan fingerprint density at radius 1 is 1.45 bits per heavy atom. The molecular formula is C14H23FO5. The molecule has 0 aromatic carbocycles. The minimum absolute atomic E-state index is 0.0301. The molecular weight excluding hydrogens is 267 g/mol. The van der Waals surface area contributed by atoms with Crippen LogP contribution in [0.25, 0.3) is 0 Å². The predicted octanol–water partition coefficient (Wildman–Crippen LogP) is 2.09. The van der Waals surface area contributed by atoms with Crippen molar-refractivity contribution in [1.29, 1.82) is 0 Å². The van der Waals surface area contributed by atoms with E-state index in [1.165, 1.54) is 6.92 Å². The Labute approximate surface area is 118 Å². The van der Waals surface area contributed by atoms with E-state index >= 15 is 0 Å². The molecule has 0 amide bonds. The summed E-state index contributed by atoms with van der Waals surface area (Å²) in [4.78, 5) is 22.4. The summed E-state index contributed by atoms with van der Waals surface area (Å²) in [6, 6.07) is 0. The molecule has 0 radical (unpaired) electrons. The summed E-state index contributed by atoms with van der Waals surface area (Å²) in [5.41, 5.74) is 0. The largest absolute Gasteiger partial charge is 0.465 e. The van der Waals surface area contributed by atoms with Crippen molar-refractivity contribution in [2.75, 3.05) is 13.7 Å². The second-order valence-electron chi connectivity index (χ2n) is 5.62. The molecule has 0 bridgehead atoms. The summed E-state index contributed by atoms with van der Waals surface area (Å²) < 4.78 is 29.4. The maximum absolute atomic E-state index is 14.6. The van der Waals surface area contributed by atoms with E-state index in [0.29, 0.717) is 0 Å². The third-order valence-corrected chi connectivity index (χ3v) is 3.92. The molecule has 1 heterocycles. The number of ether oxygens (including phenoxy) is 3. The fourth-order valence-electron chi connectivity index (χ4n) is 2.56. The topological polar surface area (TPSA) is 61.8 Å². The Morgan fingerprint density at radius 2 is 2.05 bits per heavy atom. The van der Waals surface area contributed by atoms with Gasteiger partial charge in [0.25, 0.3) is 0 Å². The molecule has 0 spiro atoms. The van der Waals surface area contributed by atoms with Gasteiger partial charge in [0.2, 0.25) is 0 Å². The van der Waals surface area contributed by atoms with Gasteiger partial charge in [-0.25, -0.2) is 4.79 Å². The summed E-state index contributed by atoms with van der Waals surface area (Å²) in [5, 5.41) is 0. The van der Waals surface area contributed by atoms with Crippen molar-refractivity contribution >= 4 is 11.9 Å². The summed E-state index contributed by atoms with van der Waals surface area (Å²) in [7, 11) is 1.13. The van der Waals surface area contributed by atoms with Gasteiger partial charge >= 0.3 is 17.8 Å². The average Bonchev–Trinajstić information content (AvgIpc) is 2.39. The Kier molecular flexibility index (Phi) is 5.50. The first kappa shape index (κ1) is 16.9. The molecule has 1 fully saturated rings. The van der Waals surface area contributed by atoms with Crippen molar-refractivity contribution in [3.8, 4) is 0 Å². The quantitative estimate of drug-likeness (QED) is 0.742. The zero-order valence-electron chi connectivity index (χ0n) is 12.6. The van der Waals surface area contributed by atoms with E-state index < -0.39 is 23.9 Å². The number of halogens is 1. The fraction of sp³-hybridized carbons (Fsp3) is 0.857. The first-order valence-corrected chi connectivity index (χ1v) is 6.79. The third kappa shape index (κ3) is 3.69. The van der Waals surface area contributed by atoms with E-state index in [0.717, 1.165) is 7.11 Å². The predicted molar refractivity (Wildman–Crippen MR) is 69.5 cm³/mol. The second-order valence-corrected chi connectivity index (χ2v) is 5.62. The molecule has 1 unspecified atom stereocenters. The van der Waals surface area contributed by atoms with Crippen LogP contribution in [0.5, 0.6) is 0 Å². The Balaban J connectivity index is 2.82. The van der Waals surface area contributed by atoms with Crippen molar-refractivity contribution < 1.29 is 28.2 Å². The molecule has 5 atom stereocenters. The van der Waals surface area contributed by atoms with Crippen LogP contribution >= 0.6 is 0 Å². The smallest absolute Gasteiger partial charge is 0.371 e. The molecule has 1 aliphatic heterocycles. The lowest BCUT2D eigenvalue weighted by Gasteiger charge is -2.43. The van der Waals surface area contributed by atoms with E-state index in [9.17, 15) is 14.0 Å². The van der Waals surface area contributed by atoms with Gasteiger partial charge in [0, 0.05) is 19.3 Å². The third-order valence-electron chi connectivity index (χ3n) is 3.92. The maximum atomic E-state index is 14.6. The average molecular weight is 290 g/mol. The van der Waals surface area contributed by atoms with Crippen molar-refractivity contribution in [2.45, 2.75) is 46.1 Å². The number of methoxy groups -OCH3 is 1. The number of esters is 2. The molecule has 1 rings (SSSR count). The Hall–Kier alpha value is -1.17. The number of hydrogen-bond acceptors (Lipinski definition) is 5. The highest BCUT2D eigenvalue weighted by Gasteiger charge is 2.52. The van der Waals surface area contributed by atoms with Crippen LogP contribution in [0.15, 0.2) is 0 Å². The van der Waals surface area contributed by atoms with Crippen molar-refractivity contribution in [2.24, 2.45) is 17.8 Å². The molecule has 0 aromatic heterocycles. The second kappa shape index (κ2) is 6.52. The molecule has 0 saturated carbocycles. The van der Waals surface area contributed by atoms with Crippen molar-refractivity contribution in [3.63, 3.8) is 0 Å². The number of hydrogen-bond donors (Lipinski definition) is 0. The summed E-state index contributed by atoms with van der Waals surface area (Å²) in [6.07, 6.45) is -0.542. The lowest BCUT2D eigenvalue weighted by molar-refractivity contribution is -0.255. The lowest BCUT2D eigenvalue weighted by atomic mass is 9.78. The molecule has 5 nitrogen and oxygen atoms in total. The zero-order chi connectivity index (χ0) is 15.5. The van der Waals surface area contributed by atoms with Crippen molar-refractivity contribution in [3.05, 3.63) is 0 Å². The summed E-state index contributed by atoms with van der Waals surface area (Å²) >= 11 is 0. The number of rotatable bonds is 4. The molecule has 0 aromatic rings. The van der Waals surface area contributed by atoms with Crippen LogP contribution in [0, 0.1) is 17.8 Å². The lowest BCUT2D eigenvalue weighted by Crippen LogP contribution is -2.52. The van der Waals surface area contributed by atoms with E-state index in [2.05, 4.69) is 4.74 Å². The molecule has 116 valence electrons. The van der Waals surface area contributed by atoms with Crippen LogP contribution in [-0.4, -0.2) is 37.6 Å². The highest BCUT2D eigenvalue weighted by molar-refractivity contribution is 5.77. The Bertz CT molecular complexity index is 373. The van der Waals surface area contributed by atoms with E-state index in [1.807, 2.05) is 13.8 Å². The zero-order valence-corrected chi connectivity index (χ0v) is 12.6. The standard InChI is InChI=1S/C14H23FO5/c1-8-6-14(15,13(17)18-5)20-12(10(8)3)9(2)7-19-11(4)16/h8-10,12H,6-7H2,1-5H3/t8-,9-,10-,12?,14-/m1/s1. The van der Waals surface area contributed by atoms with Crippen LogP contribution in [-0.2, 0) is 23.8 Å². The fourth-order valence-corrected chi connectivity index (χ4v) is 2.56. The van der Waals surface area contributed by atoms with E-state index in [1.54, 1.807) is 6.92 Å². The van der Waals surface area contributed by atoms with Gasteiger partial charge in [-0.2, -0.15) is 4.39 Å². The SMILES string of the molecule is COC(=O)[C@@]1(F)C[C@@H](C)[C@@H](C)C([C@H](C)COC(C)=O)O1. The molecule has 6 heteroatoms. The molecule has 0 aliphatic carbocycles. The van der Waals surface area contributed by atoms with E-state index in [4.69, 9.17) is 9.47 Å². The first-order chi connectivity index (χ1) is 9.21. The van der Waals surface area contributed by atoms with Gasteiger partial charge < -0.3 is 14.2 Å². The van der Waals surface area contributed by atoms with Crippen LogP contribution in [0.4, 0.5) is 4.39 Å². The first-order valence-electron chi connectivity index (χ1n) is 6.79. The minimum atomic E-state index is -2.42. The number of carbonyl (C=O) groups is 2. The van der Waals surface area contributed by atoms with Gasteiger partial charge in [0.05, 0.1) is 19.8 Å². The van der Waals surface area contributed by atoms with Gasteiger partial charge in [-0.15, -0.1) is 0 Å². The van der Waals surface area contributed by atoms with Gasteiger partial charge in [-0.05, 0) is 11.8 Å². The van der Waals surface area contributed by atoms with E-state index in [-0.39, 0.29) is 30.8 Å². The Morgan fingerprint density at radius 3 is 2.55 bits per heavy atom. The normalized spacial score (nSPS) is 35.2. The number of alkyl halides is 1. The molecule has 1 saturated heterocycles. The van der Waals surface area contributed by atoms with Crippen LogP contribution in [0.3, 0.4) is 0 Å². The van der Waals surface area contributed by atoms with Gasteiger partial charge in [-0.3, -0.25) is 4.79 Å². The molecule has 0 N–H and O–H groups in total. The maximum Gasteiger partial charge on any atom is 0.371 e. The summed E-state index contributed by atoms with van der Waals surface area (Å²) in [6.45, 7) is 7.06. The van der Waals surface area contributed by atoms with Gasteiger partial charge in [0.15, 0.2) is 0 Å². The molecule has 1 aliphatic rings. The minimum Gasteiger partial charge on any atom is -0.465 e. The van der Waals surface area contributed by atoms with Gasteiger partial charge in [-0.1, -0.05) is 20.8 Å². The van der Waals surface area contributed by atoms with Crippen LogP contribution in [0.1, 0.15) is 34.1 Å². The van der Waals surface area contributed by atoms with Crippen molar-refractivity contribution in [1.82, 2.24) is 0 Å². The summed E-state index contributed by atoms with van der Waals surface area (Å²) in [5.74, 6) is -4.03. The highest BCUT2D eigenvalue weighted by atomic mass is 19.2. The monoisotopic (exact) mass is 290 g/mol. The molecule has 20 heavy (non-hydrogen) atoms. The van der Waals surface area contributed by atoms with Crippen LogP contribution < -0.4 is 0 Å².